The number of nitrogens with zero attached hydrogens (tertiary/aromatic N) is 1. The van der Waals surface area contributed by atoms with E-state index in [-0.39, 0.29) is 5.82 Å². The van der Waals surface area contributed by atoms with Crippen LogP contribution in [0.3, 0.4) is 0 Å². The number of aromatic nitrogens is 2. The standard InChI is InChI=1S/C24H26FN3O2/c1-29-18-6-8-22-21(12-18)15(14-27-22)3-2-4-19(16-9-10-26-13-16)24-20-7-5-17(25)11-23(20)30-28-24/h5-8,11-12,14,16,19,26-27H,2-4,9-10,13H2,1H3. The molecule has 4 aromatic rings. The summed E-state index contributed by atoms with van der Waals surface area (Å²) in [5, 5.41) is 10.0. The van der Waals surface area contributed by atoms with E-state index in [9.17, 15) is 4.39 Å². The van der Waals surface area contributed by atoms with Gasteiger partial charge in [0.25, 0.3) is 0 Å². The van der Waals surface area contributed by atoms with Gasteiger partial charge in [0, 0.05) is 34.5 Å². The molecule has 1 saturated heterocycles. The molecule has 2 aromatic heterocycles. The third kappa shape index (κ3) is 3.56. The molecule has 0 aliphatic carbocycles. The fourth-order valence-electron chi connectivity index (χ4n) is 4.82. The van der Waals surface area contributed by atoms with Crippen molar-refractivity contribution in [2.24, 2.45) is 5.92 Å². The smallest absolute Gasteiger partial charge is 0.170 e. The van der Waals surface area contributed by atoms with E-state index < -0.39 is 0 Å². The summed E-state index contributed by atoms with van der Waals surface area (Å²) < 4.78 is 24.4. The highest BCUT2D eigenvalue weighted by molar-refractivity contribution is 5.84. The zero-order valence-electron chi connectivity index (χ0n) is 17.1. The highest BCUT2D eigenvalue weighted by Crippen LogP contribution is 2.37. The van der Waals surface area contributed by atoms with Gasteiger partial charge < -0.3 is 19.6 Å². The average Bonchev–Trinajstić information content (AvgIpc) is 3.51. The summed E-state index contributed by atoms with van der Waals surface area (Å²) >= 11 is 0. The van der Waals surface area contributed by atoms with Crippen molar-refractivity contribution in [3.05, 3.63) is 59.7 Å². The van der Waals surface area contributed by atoms with Crippen molar-refractivity contribution in [2.75, 3.05) is 20.2 Å². The van der Waals surface area contributed by atoms with Crippen LogP contribution in [0.4, 0.5) is 4.39 Å². The molecule has 2 unspecified atom stereocenters. The van der Waals surface area contributed by atoms with E-state index in [1.54, 1.807) is 13.2 Å². The van der Waals surface area contributed by atoms with Crippen molar-refractivity contribution in [1.29, 1.82) is 0 Å². The number of nitrogens with one attached hydrogen (secondary N) is 2. The quantitative estimate of drug-likeness (QED) is 0.443. The molecule has 2 atom stereocenters. The molecule has 0 amide bonds. The highest BCUT2D eigenvalue weighted by atomic mass is 19.1. The molecule has 1 aliphatic rings. The number of hydrogen-bond acceptors (Lipinski definition) is 4. The molecule has 2 aromatic carbocycles. The van der Waals surface area contributed by atoms with Crippen LogP contribution in [0.15, 0.2) is 47.1 Å². The number of fused-ring (bicyclic) bond motifs is 2. The lowest BCUT2D eigenvalue weighted by atomic mass is 9.83. The molecule has 0 bridgehead atoms. The summed E-state index contributed by atoms with van der Waals surface area (Å²) in [5.41, 5.74) is 3.94. The first kappa shape index (κ1) is 19.1. The molecule has 2 N–H and O–H groups in total. The van der Waals surface area contributed by atoms with E-state index in [1.807, 2.05) is 6.07 Å². The minimum Gasteiger partial charge on any atom is -0.497 e. The van der Waals surface area contributed by atoms with Crippen LogP contribution in [-0.2, 0) is 6.42 Å². The van der Waals surface area contributed by atoms with E-state index in [0.717, 1.165) is 61.1 Å². The van der Waals surface area contributed by atoms with E-state index >= 15 is 0 Å². The first-order valence-corrected chi connectivity index (χ1v) is 10.6. The second-order valence-electron chi connectivity index (χ2n) is 8.19. The Kier molecular flexibility index (Phi) is 5.17. The fraction of sp³-hybridized carbons (Fsp3) is 0.375. The Labute approximate surface area is 174 Å². The summed E-state index contributed by atoms with van der Waals surface area (Å²) in [6.45, 7) is 2.03. The van der Waals surface area contributed by atoms with Crippen molar-refractivity contribution in [3.8, 4) is 5.75 Å². The van der Waals surface area contributed by atoms with Crippen LogP contribution in [0.5, 0.6) is 5.75 Å². The lowest BCUT2D eigenvalue weighted by Crippen LogP contribution is -2.17. The molecule has 0 spiro atoms. The maximum Gasteiger partial charge on any atom is 0.170 e. The van der Waals surface area contributed by atoms with E-state index in [4.69, 9.17) is 9.26 Å². The summed E-state index contributed by atoms with van der Waals surface area (Å²) in [4.78, 5) is 3.36. The van der Waals surface area contributed by atoms with Crippen molar-refractivity contribution in [2.45, 2.75) is 31.6 Å². The fourth-order valence-corrected chi connectivity index (χ4v) is 4.82. The van der Waals surface area contributed by atoms with E-state index in [0.29, 0.717) is 17.4 Å². The second kappa shape index (κ2) is 8.11. The molecular formula is C24H26FN3O2. The van der Waals surface area contributed by atoms with Crippen molar-refractivity contribution in [1.82, 2.24) is 15.5 Å². The predicted octanol–water partition coefficient (Wildman–Crippen LogP) is 5.17. The highest BCUT2D eigenvalue weighted by Gasteiger charge is 2.30. The van der Waals surface area contributed by atoms with Gasteiger partial charge in [0.2, 0.25) is 0 Å². The molecule has 156 valence electrons. The van der Waals surface area contributed by atoms with Crippen LogP contribution in [-0.4, -0.2) is 30.3 Å². The number of ether oxygens (including phenoxy) is 1. The minimum atomic E-state index is -0.293. The molecule has 3 heterocycles. The Balaban J connectivity index is 1.37. The molecule has 0 saturated carbocycles. The van der Waals surface area contributed by atoms with Gasteiger partial charge in [-0.3, -0.25) is 0 Å². The topological polar surface area (TPSA) is 63.1 Å². The minimum absolute atomic E-state index is 0.293. The summed E-state index contributed by atoms with van der Waals surface area (Å²) in [6.07, 6.45) is 6.27. The SMILES string of the molecule is COc1ccc2[nH]cc(CCCC(c3noc4cc(F)ccc34)C3CCNC3)c2c1. The van der Waals surface area contributed by atoms with Gasteiger partial charge in [0.15, 0.2) is 5.58 Å². The number of benzene rings is 2. The second-order valence-corrected chi connectivity index (χ2v) is 8.19. The number of halogens is 1. The Morgan fingerprint density at radius 2 is 2.17 bits per heavy atom. The van der Waals surface area contributed by atoms with Gasteiger partial charge in [0.05, 0.1) is 12.8 Å². The number of methoxy groups -OCH3 is 1. The molecule has 6 heteroatoms. The number of hydrogen-bond donors (Lipinski definition) is 2. The van der Waals surface area contributed by atoms with Crippen LogP contribution in [0.2, 0.25) is 0 Å². The molecule has 5 nitrogen and oxygen atoms in total. The van der Waals surface area contributed by atoms with Crippen LogP contribution >= 0.6 is 0 Å². The molecule has 0 radical (unpaired) electrons. The van der Waals surface area contributed by atoms with Gasteiger partial charge in [0.1, 0.15) is 11.6 Å². The Morgan fingerprint density at radius 1 is 1.23 bits per heavy atom. The van der Waals surface area contributed by atoms with Crippen molar-refractivity contribution in [3.63, 3.8) is 0 Å². The Morgan fingerprint density at radius 3 is 3.00 bits per heavy atom. The van der Waals surface area contributed by atoms with E-state index in [2.05, 4.69) is 33.8 Å². The third-order valence-corrected chi connectivity index (χ3v) is 6.42. The maximum absolute atomic E-state index is 13.6. The summed E-state index contributed by atoms with van der Waals surface area (Å²) in [7, 11) is 1.70. The molecule has 1 aliphatic heterocycles. The van der Waals surface area contributed by atoms with Crippen LogP contribution in [0.25, 0.3) is 21.9 Å². The third-order valence-electron chi connectivity index (χ3n) is 6.42. The number of aromatic amines is 1. The van der Waals surface area contributed by atoms with Crippen LogP contribution in [0.1, 0.15) is 36.4 Å². The van der Waals surface area contributed by atoms with Gasteiger partial charge in [-0.15, -0.1) is 0 Å². The van der Waals surface area contributed by atoms with E-state index in [1.165, 1.54) is 23.1 Å². The first-order chi connectivity index (χ1) is 14.7. The summed E-state index contributed by atoms with van der Waals surface area (Å²) in [6, 6.07) is 10.9. The Hall–Kier alpha value is -2.86. The lowest BCUT2D eigenvalue weighted by molar-refractivity contribution is 0.380. The van der Waals surface area contributed by atoms with Gasteiger partial charge in [-0.1, -0.05) is 5.16 Å². The largest absolute Gasteiger partial charge is 0.497 e. The van der Waals surface area contributed by atoms with Gasteiger partial charge in [-0.25, -0.2) is 4.39 Å². The number of aryl methyl sites for hydroxylation is 1. The molecular weight excluding hydrogens is 381 g/mol. The number of rotatable bonds is 7. The van der Waals surface area contributed by atoms with Crippen molar-refractivity contribution >= 4 is 21.9 Å². The lowest BCUT2D eigenvalue weighted by Gasteiger charge is -2.21. The summed E-state index contributed by atoms with van der Waals surface area (Å²) in [5.74, 6) is 1.40. The zero-order valence-corrected chi connectivity index (χ0v) is 17.1. The molecule has 1 fully saturated rings. The van der Waals surface area contributed by atoms with Gasteiger partial charge in [-0.2, -0.15) is 0 Å². The first-order valence-electron chi connectivity index (χ1n) is 10.6. The number of H-pyrrole nitrogens is 1. The van der Waals surface area contributed by atoms with Crippen molar-refractivity contribution < 1.29 is 13.7 Å². The van der Waals surface area contributed by atoms with Gasteiger partial charge >= 0.3 is 0 Å². The molecule has 30 heavy (non-hydrogen) atoms. The zero-order chi connectivity index (χ0) is 20.5. The normalized spacial score (nSPS) is 17.7. The van der Waals surface area contributed by atoms with Gasteiger partial charge in [-0.05, 0) is 80.6 Å². The predicted molar refractivity (Wildman–Crippen MR) is 115 cm³/mol. The average molecular weight is 407 g/mol. The molecule has 5 rings (SSSR count). The van der Waals surface area contributed by atoms with Crippen LogP contribution in [0, 0.1) is 11.7 Å². The maximum atomic E-state index is 13.6. The monoisotopic (exact) mass is 407 g/mol. The Bertz CT molecular complexity index is 1160. The van der Waals surface area contributed by atoms with Crippen LogP contribution < -0.4 is 10.1 Å².